The molecule has 1 atom stereocenters. The van der Waals surface area contributed by atoms with E-state index < -0.39 is 5.82 Å². The monoisotopic (exact) mass is 377 g/mol. The Morgan fingerprint density at radius 3 is 3.08 bits per heavy atom. The van der Waals surface area contributed by atoms with E-state index in [1.165, 1.54) is 10.9 Å². The highest BCUT2D eigenvalue weighted by atomic mass is 32.1. The highest BCUT2D eigenvalue weighted by Gasteiger charge is 2.47. The quantitative estimate of drug-likeness (QED) is 0.772. The molecule has 2 aromatic heterocycles. The van der Waals surface area contributed by atoms with E-state index in [-0.39, 0.29) is 11.5 Å². The molecule has 0 aliphatic carbocycles. The van der Waals surface area contributed by atoms with Gasteiger partial charge in [-0.05, 0) is 44.2 Å². The number of halogens is 1. The third-order valence-electron chi connectivity index (χ3n) is 5.32. The van der Waals surface area contributed by atoms with Crippen molar-refractivity contribution in [3.05, 3.63) is 40.2 Å². The van der Waals surface area contributed by atoms with Crippen molar-refractivity contribution in [2.75, 3.05) is 26.3 Å². The molecule has 2 saturated heterocycles. The van der Waals surface area contributed by atoms with E-state index in [1.54, 1.807) is 23.6 Å². The zero-order chi connectivity index (χ0) is 18.0. The molecule has 0 unspecified atom stereocenters. The summed E-state index contributed by atoms with van der Waals surface area (Å²) in [6.45, 7) is 6.30. The lowest BCUT2D eigenvalue weighted by Crippen LogP contribution is -2.64. The van der Waals surface area contributed by atoms with Gasteiger partial charge in [-0.3, -0.25) is 4.90 Å². The minimum Gasteiger partial charge on any atom is -0.476 e. The van der Waals surface area contributed by atoms with Crippen LogP contribution in [0.3, 0.4) is 0 Å². The van der Waals surface area contributed by atoms with Gasteiger partial charge in [0.25, 0.3) is 0 Å². The lowest BCUT2D eigenvalue weighted by Gasteiger charge is -2.53. The van der Waals surface area contributed by atoms with Crippen molar-refractivity contribution in [2.45, 2.75) is 38.3 Å². The molecule has 0 radical (unpaired) electrons. The van der Waals surface area contributed by atoms with Crippen LogP contribution in [-0.4, -0.2) is 46.8 Å². The van der Waals surface area contributed by atoms with E-state index >= 15 is 0 Å². The fourth-order valence-corrected chi connectivity index (χ4v) is 4.78. The molecule has 1 spiro atoms. The van der Waals surface area contributed by atoms with E-state index in [0.717, 1.165) is 51.2 Å². The van der Waals surface area contributed by atoms with Gasteiger partial charge in [0.1, 0.15) is 0 Å². The van der Waals surface area contributed by atoms with Crippen molar-refractivity contribution in [1.29, 1.82) is 0 Å². The van der Waals surface area contributed by atoms with Crippen LogP contribution in [0, 0.1) is 18.7 Å². The molecular formula is C19H24FN3O2S. The number of ether oxygens (including phenoxy) is 2. The molecule has 4 heterocycles. The fourth-order valence-electron chi connectivity index (χ4n) is 3.96. The summed E-state index contributed by atoms with van der Waals surface area (Å²) in [5, 5.41) is 0. The average Bonchev–Trinajstić information content (AvgIpc) is 3.01. The van der Waals surface area contributed by atoms with Crippen molar-refractivity contribution < 1.29 is 13.9 Å². The van der Waals surface area contributed by atoms with Gasteiger partial charge in [0.05, 0.1) is 23.4 Å². The smallest absolute Gasteiger partial charge is 0.250 e. The van der Waals surface area contributed by atoms with Crippen molar-refractivity contribution in [3.8, 4) is 5.88 Å². The topological polar surface area (TPSA) is 47.5 Å². The molecule has 2 aliphatic heterocycles. The summed E-state index contributed by atoms with van der Waals surface area (Å²) in [7, 11) is 0. The van der Waals surface area contributed by atoms with Gasteiger partial charge < -0.3 is 9.47 Å². The van der Waals surface area contributed by atoms with Crippen LogP contribution in [0.1, 0.15) is 29.8 Å². The van der Waals surface area contributed by atoms with Crippen molar-refractivity contribution >= 4 is 11.3 Å². The van der Waals surface area contributed by atoms with Crippen molar-refractivity contribution in [1.82, 2.24) is 14.9 Å². The minimum absolute atomic E-state index is 0.00223. The predicted octanol–water partition coefficient (Wildman–Crippen LogP) is 3.44. The number of hydrogen-bond donors (Lipinski definition) is 0. The number of hydrogen-bond acceptors (Lipinski definition) is 6. The molecule has 4 rings (SSSR count). The van der Waals surface area contributed by atoms with Gasteiger partial charge in [-0.2, -0.15) is 0 Å². The highest BCUT2D eigenvalue weighted by molar-refractivity contribution is 7.09. The van der Waals surface area contributed by atoms with Gasteiger partial charge in [0.15, 0.2) is 5.82 Å². The molecule has 0 amide bonds. The maximum absolute atomic E-state index is 13.6. The van der Waals surface area contributed by atoms with Crippen molar-refractivity contribution in [3.63, 3.8) is 0 Å². The molecule has 2 aliphatic rings. The molecule has 0 bridgehead atoms. The summed E-state index contributed by atoms with van der Waals surface area (Å²) < 4.78 is 25.2. The number of thiazole rings is 1. The Morgan fingerprint density at radius 2 is 2.31 bits per heavy atom. The standard InChI is InChI=1S/C19H24FN3O2S/c1-14-17(26-13-22-14)10-23-11-19(12-23)9-15(5-8-25-19)4-7-24-18-16(20)3-2-6-21-18/h2-3,6,13,15H,4-5,7-12H2,1H3/t15-/m0/s1. The summed E-state index contributed by atoms with van der Waals surface area (Å²) in [5.74, 6) is 0.260. The number of pyridine rings is 1. The summed E-state index contributed by atoms with van der Waals surface area (Å²) in [4.78, 5) is 12.0. The number of aromatic nitrogens is 2. The lowest BCUT2D eigenvalue weighted by molar-refractivity contribution is -0.181. The maximum Gasteiger partial charge on any atom is 0.250 e. The second kappa shape index (κ2) is 7.58. The summed E-state index contributed by atoms with van der Waals surface area (Å²) >= 11 is 1.73. The zero-order valence-corrected chi connectivity index (χ0v) is 15.8. The third-order valence-corrected chi connectivity index (χ3v) is 6.24. The van der Waals surface area contributed by atoms with Crippen LogP contribution in [0.2, 0.25) is 0 Å². The SMILES string of the molecule is Cc1ncsc1CN1CC2(C[C@@H](CCOc3ncccc3F)CCO2)C1. The fraction of sp³-hybridized carbons (Fsp3) is 0.579. The first kappa shape index (κ1) is 17.8. The first-order valence-corrected chi connectivity index (χ1v) is 10.0. The zero-order valence-electron chi connectivity index (χ0n) is 15.0. The molecule has 0 saturated carbocycles. The van der Waals surface area contributed by atoms with Crippen LogP contribution in [0.5, 0.6) is 5.88 Å². The molecule has 26 heavy (non-hydrogen) atoms. The predicted molar refractivity (Wildman–Crippen MR) is 97.8 cm³/mol. The Morgan fingerprint density at radius 1 is 1.42 bits per heavy atom. The highest BCUT2D eigenvalue weighted by Crippen LogP contribution is 2.39. The molecule has 2 fully saturated rings. The largest absolute Gasteiger partial charge is 0.476 e. The number of aryl methyl sites for hydroxylation is 1. The first-order chi connectivity index (χ1) is 12.6. The maximum atomic E-state index is 13.6. The summed E-state index contributed by atoms with van der Waals surface area (Å²) in [6, 6.07) is 2.94. The normalized spacial score (nSPS) is 22.3. The second-order valence-corrected chi connectivity index (χ2v) is 8.26. The van der Waals surface area contributed by atoms with E-state index in [4.69, 9.17) is 9.47 Å². The van der Waals surface area contributed by atoms with Gasteiger partial charge in [-0.1, -0.05) is 0 Å². The number of nitrogens with zero attached hydrogens (tertiary/aromatic N) is 3. The molecule has 0 aromatic carbocycles. The molecule has 2 aromatic rings. The molecule has 140 valence electrons. The Labute approximate surface area is 157 Å². The lowest BCUT2D eigenvalue weighted by atomic mass is 9.79. The van der Waals surface area contributed by atoms with Crippen LogP contribution >= 0.6 is 11.3 Å². The van der Waals surface area contributed by atoms with E-state index in [1.807, 2.05) is 5.51 Å². The van der Waals surface area contributed by atoms with Gasteiger partial charge in [0.2, 0.25) is 5.88 Å². The van der Waals surface area contributed by atoms with Crippen molar-refractivity contribution in [2.24, 2.45) is 5.92 Å². The van der Waals surface area contributed by atoms with E-state index in [2.05, 4.69) is 21.8 Å². The summed E-state index contributed by atoms with van der Waals surface area (Å²) in [6.07, 6.45) is 4.56. The third kappa shape index (κ3) is 3.89. The van der Waals surface area contributed by atoms with Crippen LogP contribution < -0.4 is 4.74 Å². The molecular weight excluding hydrogens is 353 g/mol. The van der Waals surface area contributed by atoms with Gasteiger partial charge in [-0.25, -0.2) is 14.4 Å². The molecule has 0 N–H and O–H groups in total. The Bertz CT molecular complexity index is 748. The number of rotatable bonds is 6. The molecule has 7 heteroatoms. The van der Waals surface area contributed by atoms with E-state index in [9.17, 15) is 4.39 Å². The van der Waals surface area contributed by atoms with Crippen LogP contribution in [0.15, 0.2) is 23.8 Å². The summed E-state index contributed by atoms with van der Waals surface area (Å²) in [5.41, 5.74) is 3.05. The minimum atomic E-state index is -0.399. The van der Waals surface area contributed by atoms with Gasteiger partial charge in [-0.15, -0.1) is 11.3 Å². The Hall–Kier alpha value is -1.57. The van der Waals surface area contributed by atoms with E-state index in [0.29, 0.717) is 12.5 Å². The second-order valence-electron chi connectivity index (χ2n) is 7.32. The van der Waals surface area contributed by atoms with Gasteiger partial charge in [0, 0.05) is 37.3 Å². The average molecular weight is 377 g/mol. The van der Waals surface area contributed by atoms with Crippen LogP contribution in [0.4, 0.5) is 4.39 Å². The number of likely N-dealkylation sites (tertiary alicyclic amines) is 1. The molecule has 5 nitrogen and oxygen atoms in total. The van der Waals surface area contributed by atoms with Crippen LogP contribution in [-0.2, 0) is 11.3 Å². The van der Waals surface area contributed by atoms with Crippen LogP contribution in [0.25, 0.3) is 0 Å². The first-order valence-electron chi connectivity index (χ1n) is 9.12. The Kier molecular flexibility index (Phi) is 5.20. The Balaban J connectivity index is 1.23. The van der Waals surface area contributed by atoms with Gasteiger partial charge >= 0.3 is 0 Å².